The third-order valence-corrected chi connectivity index (χ3v) is 8.79. The van der Waals surface area contributed by atoms with Crippen molar-refractivity contribution < 1.29 is 35.8 Å². The third-order valence-electron chi connectivity index (χ3n) is 8.79. The molecule has 3 unspecified atom stereocenters. The summed E-state index contributed by atoms with van der Waals surface area (Å²) in [5, 5.41) is -0.0170. The van der Waals surface area contributed by atoms with Crippen LogP contribution in [0.1, 0.15) is 49.0 Å². The Morgan fingerprint density at radius 1 is 1.08 bits per heavy atom. The number of pyridine rings is 3. The first-order valence-corrected chi connectivity index (χ1v) is 15.2. The lowest BCUT2D eigenvalue weighted by molar-refractivity contribution is -0.137. The molecule has 0 bridgehead atoms. The topological polar surface area (TPSA) is 141 Å². The molecule has 0 saturated carbocycles. The molecular weight excluding hydrogens is 644 g/mol. The molecule has 0 amide bonds. The fraction of sp³-hybridized carbons (Fsp3) is 0.452. The van der Waals surface area contributed by atoms with Gasteiger partial charge in [0.05, 0.1) is 37.2 Å². The zero-order valence-electron chi connectivity index (χ0n) is 26.3. The van der Waals surface area contributed by atoms with Crippen LogP contribution in [0.2, 0.25) is 0 Å². The second-order valence-corrected chi connectivity index (χ2v) is 11.9. The Hall–Kier alpha value is -4.67. The maximum Gasteiger partial charge on any atom is 0.418 e. The number of alkyl halides is 4. The first kappa shape index (κ1) is 33.2. The average Bonchev–Trinajstić information content (AvgIpc) is 3.55. The van der Waals surface area contributed by atoms with Gasteiger partial charge in [-0.1, -0.05) is 0 Å². The molecule has 3 aliphatic rings. The van der Waals surface area contributed by atoms with Crippen LogP contribution in [0.3, 0.4) is 0 Å². The number of fused-ring (bicyclic) bond motifs is 1. The van der Waals surface area contributed by atoms with Crippen molar-refractivity contribution in [3.05, 3.63) is 46.8 Å². The van der Waals surface area contributed by atoms with E-state index in [4.69, 9.17) is 20.9 Å². The highest BCUT2D eigenvalue weighted by molar-refractivity contribution is 5.97. The van der Waals surface area contributed by atoms with E-state index < -0.39 is 58.1 Å². The van der Waals surface area contributed by atoms with Gasteiger partial charge in [0.2, 0.25) is 5.88 Å². The van der Waals surface area contributed by atoms with E-state index in [0.717, 1.165) is 32.2 Å². The summed E-state index contributed by atoms with van der Waals surface area (Å²) in [7, 11) is 1.25. The van der Waals surface area contributed by atoms with Crippen molar-refractivity contribution in [1.82, 2.24) is 29.8 Å². The summed E-state index contributed by atoms with van der Waals surface area (Å²) in [5.41, 5.74) is 8.68. The molecule has 7 heterocycles. The fourth-order valence-corrected chi connectivity index (χ4v) is 6.65. The third kappa shape index (κ3) is 6.18. The van der Waals surface area contributed by atoms with Gasteiger partial charge in [0.15, 0.2) is 5.82 Å². The van der Waals surface area contributed by atoms with Crippen LogP contribution in [0, 0.1) is 18.6 Å². The Balaban J connectivity index is 0.000000381. The quantitative estimate of drug-likeness (QED) is 0.268. The molecule has 256 valence electrons. The van der Waals surface area contributed by atoms with E-state index in [2.05, 4.69) is 29.8 Å². The van der Waals surface area contributed by atoms with E-state index in [-0.39, 0.29) is 47.9 Å². The Morgan fingerprint density at radius 3 is 2.56 bits per heavy atom. The van der Waals surface area contributed by atoms with Crippen LogP contribution in [0.15, 0.2) is 18.3 Å². The van der Waals surface area contributed by atoms with Crippen molar-refractivity contribution in [2.45, 2.75) is 57.5 Å². The lowest BCUT2D eigenvalue weighted by Crippen LogP contribution is -2.31. The molecule has 2 fully saturated rings. The van der Waals surface area contributed by atoms with E-state index in [0.29, 0.717) is 18.2 Å². The second kappa shape index (κ2) is 12.7. The summed E-state index contributed by atoms with van der Waals surface area (Å²) in [6.07, 6.45) is -1.10. The molecule has 0 aliphatic carbocycles. The molecule has 0 aromatic carbocycles. The molecule has 3 aliphatic heterocycles. The van der Waals surface area contributed by atoms with Crippen LogP contribution < -0.4 is 25.8 Å². The highest BCUT2D eigenvalue weighted by Crippen LogP contribution is 2.45. The first-order chi connectivity index (χ1) is 22.8. The van der Waals surface area contributed by atoms with Crippen molar-refractivity contribution in [2.75, 3.05) is 49.7 Å². The lowest BCUT2D eigenvalue weighted by atomic mass is 10.0. The van der Waals surface area contributed by atoms with Crippen LogP contribution in [0.25, 0.3) is 22.2 Å². The average molecular weight is 678 g/mol. The number of aryl methyl sites for hydroxylation is 1. The number of nitrogen functional groups attached to an aromatic ring is 2. The summed E-state index contributed by atoms with van der Waals surface area (Å²) in [5.74, 6) is -2.11. The molecule has 0 radical (unpaired) electrons. The van der Waals surface area contributed by atoms with Gasteiger partial charge >= 0.3 is 12.2 Å². The Morgan fingerprint density at radius 2 is 1.85 bits per heavy atom. The normalized spacial score (nSPS) is 19.7. The molecule has 2 saturated heterocycles. The van der Waals surface area contributed by atoms with Crippen LogP contribution >= 0.6 is 0 Å². The molecule has 7 rings (SSSR count). The zero-order valence-corrected chi connectivity index (χ0v) is 26.3. The maximum absolute atomic E-state index is 16.1. The van der Waals surface area contributed by atoms with Gasteiger partial charge in [-0.2, -0.15) is 23.1 Å². The molecule has 48 heavy (non-hydrogen) atoms. The monoisotopic (exact) mass is 677 g/mol. The van der Waals surface area contributed by atoms with Crippen molar-refractivity contribution in [3.8, 4) is 23.1 Å². The summed E-state index contributed by atoms with van der Waals surface area (Å²) in [6.45, 7) is 4.77. The number of halogens is 6. The predicted octanol–water partition coefficient (Wildman–Crippen LogP) is 5.41. The van der Waals surface area contributed by atoms with Crippen LogP contribution in [-0.2, 0) is 6.18 Å². The number of ether oxygens (including phenoxy) is 2. The number of nitrogens with two attached hydrogens (primary N) is 2. The summed E-state index contributed by atoms with van der Waals surface area (Å²) >= 11 is 0. The summed E-state index contributed by atoms with van der Waals surface area (Å²) in [6, 6.07) is 1.80. The van der Waals surface area contributed by atoms with Crippen molar-refractivity contribution >= 4 is 28.4 Å². The predicted molar refractivity (Wildman–Crippen MR) is 165 cm³/mol. The summed E-state index contributed by atoms with van der Waals surface area (Å²) in [4.78, 5) is 24.0. The fourth-order valence-electron chi connectivity index (χ4n) is 6.65. The molecule has 17 heteroatoms. The first-order valence-electron chi connectivity index (χ1n) is 15.2. The Kier molecular flexibility index (Phi) is 8.82. The number of rotatable bonds is 4. The standard InChI is InChI=1S/C24H21F5N8O2.C7H12FN/c1-9-16(24(27,28)29)13(7-14(30)33-9)18-17(26)19-15-21(36-23(35-19)38-3)37(4-5-39-22(15)34-18)10(2)12-6-11(25)8-32-20(12)31;8-6-4-7-2-1-3-9(7)5-6/h6-8,10H,4-5H2,1-3H3,(H2,30,33)(H2,31,32);6-7H,1-5H2. The van der Waals surface area contributed by atoms with Crippen LogP contribution in [0.5, 0.6) is 11.9 Å². The van der Waals surface area contributed by atoms with Crippen molar-refractivity contribution in [2.24, 2.45) is 0 Å². The molecule has 4 aromatic heterocycles. The van der Waals surface area contributed by atoms with Crippen molar-refractivity contribution in [3.63, 3.8) is 0 Å². The minimum Gasteiger partial charge on any atom is -0.475 e. The molecule has 4 aromatic rings. The number of anilines is 3. The van der Waals surface area contributed by atoms with Gasteiger partial charge in [-0.15, -0.1) is 0 Å². The van der Waals surface area contributed by atoms with E-state index >= 15 is 4.39 Å². The van der Waals surface area contributed by atoms with Gasteiger partial charge in [-0.3, -0.25) is 4.90 Å². The molecule has 4 N–H and O–H groups in total. The minimum atomic E-state index is -4.89. The molecule has 11 nitrogen and oxygen atoms in total. The van der Waals surface area contributed by atoms with Crippen molar-refractivity contribution in [1.29, 1.82) is 0 Å². The van der Waals surface area contributed by atoms with Gasteiger partial charge in [-0.05, 0) is 51.8 Å². The SMILES string of the molecule is COc1nc2c3c(nc(-c4cc(N)nc(C)c4C(F)(F)F)c(F)c3n1)OCCN2C(C)c1cc(F)cnc1N.FC1CC2CCCN2C1. The van der Waals surface area contributed by atoms with Gasteiger partial charge in [0, 0.05) is 23.7 Å². The lowest BCUT2D eigenvalue weighted by Gasteiger charge is -2.30. The van der Waals surface area contributed by atoms with Gasteiger partial charge in [0.1, 0.15) is 52.6 Å². The van der Waals surface area contributed by atoms with Gasteiger partial charge < -0.3 is 25.8 Å². The largest absolute Gasteiger partial charge is 0.475 e. The summed E-state index contributed by atoms with van der Waals surface area (Å²) < 4.78 is 95.8. The minimum absolute atomic E-state index is 0.0170. The Labute approximate surface area is 271 Å². The van der Waals surface area contributed by atoms with E-state index in [1.54, 1.807) is 11.8 Å². The number of hydrogen-bond acceptors (Lipinski definition) is 11. The molecule has 0 spiro atoms. The highest BCUT2D eigenvalue weighted by atomic mass is 19.4. The number of methoxy groups -OCH3 is 1. The second-order valence-electron chi connectivity index (χ2n) is 11.9. The molecule has 3 atom stereocenters. The van der Waals surface area contributed by atoms with E-state index in [1.165, 1.54) is 26.0 Å². The number of hydrogen-bond donors (Lipinski definition) is 2. The smallest absolute Gasteiger partial charge is 0.418 e. The van der Waals surface area contributed by atoms with Gasteiger partial charge in [0.25, 0.3) is 0 Å². The number of nitrogens with zero attached hydrogens (tertiary/aromatic N) is 7. The molecular formula is C31H33F6N9O2. The number of aromatic nitrogens is 5. The van der Waals surface area contributed by atoms with Gasteiger partial charge in [-0.25, -0.2) is 28.1 Å². The van der Waals surface area contributed by atoms with Crippen LogP contribution in [-0.4, -0.2) is 75.4 Å². The highest BCUT2D eigenvalue weighted by Gasteiger charge is 2.39. The Bertz CT molecular complexity index is 1850. The van der Waals surface area contributed by atoms with E-state index in [9.17, 15) is 22.0 Å². The van der Waals surface area contributed by atoms with E-state index in [1.807, 2.05) is 0 Å². The maximum atomic E-state index is 16.1. The zero-order chi connectivity index (χ0) is 34.5. The van der Waals surface area contributed by atoms with Crippen LogP contribution in [0.4, 0.5) is 43.8 Å².